The van der Waals surface area contributed by atoms with Gasteiger partial charge in [-0.15, -0.1) is 11.3 Å². The van der Waals surface area contributed by atoms with Gasteiger partial charge in [0.15, 0.2) is 0 Å². The van der Waals surface area contributed by atoms with E-state index in [0.717, 1.165) is 18.8 Å². The van der Waals surface area contributed by atoms with E-state index < -0.39 is 0 Å². The third-order valence-corrected chi connectivity index (χ3v) is 3.43. The van der Waals surface area contributed by atoms with Crippen molar-refractivity contribution in [2.24, 2.45) is 0 Å². The van der Waals surface area contributed by atoms with Crippen molar-refractivity contribution in [2.45, 2.75) is 39.5 Å². The molecule has 0 spiro atoms. The lowest BCUT2D eigenvalue weighted by Gasteiger charge is -2.13. The lowest BCUT2D eigenvalue weighted by atomic mass is 9.98. The van der Waals surface area contributed by atoms with Crippen LogP contribution in [0.4, 0.5) is 0 Å². The fraction of sp³-hybridized carbons (Fsp3) is 0.615. The Balaban J connectivity index is 2.46. The van der Waals surface area contributed by atoms with E-state index in [4.69, 9.17) is 0 Å². The van der Waals surface area contributed by atoms with Crippen LogP contribution in [0.25, 0.3) is 6.08 Å². The Bertz CT molecular complexity index is 334. The summed E-state index contributed by atoms with van der Waals surface area (Å²) >= 11 is 1.74. The standard InChI is InChI=1S/C13H22N2S/c1-5-8-14-9-6-7-11-10-16-12(15-11)13(2,3)4/h6-7,10,14H,5,8-9H2,1-4H3/b7-6+. The molecular formula is C13H22N2S. The van der Waals surface area contributed by atoms with Crippen molar-refractivity contribution in [1.82, 2.24) is 10.3 Å². The molecule has 0 aliphatic heterocycles. The van der Waals surface area contributed by atoms with Crippen molar-refractivity contribution in [1.29, 1.82) is 0 Å². The van der Waals surface area contributed by atoms with Crippen LogP contribution in [0.5, 0.6) is 0 Å². The fourth-order valence-electron chi connectivity index (χ4n) is 1.25. The van der Waals surface area contributed by atoms with Gasteiger partial charge in [-0.1, -0.05) is 33.8 Å². The van der Waals surface area contributed by atoms with Gasteiger partial charge in [0.1, 0.15) is 0 Å². The Labute approximate surface area is 103 Å². The molecule has 90 valence electrons. The minimum Gasteiger partial charge on any atom is -0.313 e. The van der Waals surface area contributed by atoms with Crippen molar-refractivity contribution in [3.05, 3.63) is 22.2 Å². The van der Waals surface area contributed by atoms with E-state index in [2.05, 4.69) is 55.5 Å². The minimum atomic E-state index is 0.164. The van der Waals surface area contributed by atoms with E-state index in [1.165, 1.54) is 11.4 Å². The first-order chi connectivity index (χ1) is 7.54. The molecular weight excluding hydrogens is 216 g/mol. The molecule has 0 saturated heterocycles. The highest BCUT2D eigenvalue weighted by Crippen LogP contribution is 2.25. The van der Waals surface area contributed by atoms with Crippen LogP contribution in [0, 0.1) is 0 Å². The normalized spacial score (nSPS) is 12.5. The van der Waals surface area contributed by atoms with Gasteiger partial charge in [-0.3, -0.25) is 0 Å². The zero-order valence-corrected chi connectivity index (χ0v) is 11.5. The molecule has 0 radical (unpaired) electrons. The number of hydrogen-bond acceptors (Lipinski definition) is 3. The van der Waals surface area contributed by atoms with Crippen LogP contribution in [0.2, 0.25) is 0 Å². The average Bonchev–Trinajstić information content (AvgIpc) is 2.65. The summed E-state index contributed by atoms with van der Waals surface area (Å²) in [5.74, 6) is 0. The highest BCUT2D eigenvalue weighted by Gasteiger charge is 2.17. The molecule has 1 aromatic heterocycles. The Morgan fingerprint density at radius 3 is 2.75 bits per heavy atom. The van der Waals surface area contributed by atoms with E-state index in [1.54, 1.807) is 11.3 Å². The van der Waals surface area contributed by atoms with E-state index in [-0.39, 0.29) is 5.41 Å². The second-order valence-corrected chi connectivity index (χ2v) is 5.79. The van der Waals surface area contributed by atoms with Gasteiger partial charge < -0.3 is 5.32 Å². The zero-order chi connectivity index (χ0) is 12.0. The zero-order valence-electron chi connectivity index (χ0n) is 10.7. The van der Waals surface area contributed by atoms with E-state index >= 15 is 0 Å². The van der Waals surface area contributed by atoms with Crippen LogP contribution in [-0.2, 0) is 5.41 Å². The third kappa shape index (κ3) is 4.45. The van der Waals surface area contributed by atoms with Gasteiger partial charge in [0, 0.05) is 17.3 Å². The Kier molecular flexibility index (Phi) is 5.16. The maximum Gasteiger partial charge on any atom is 0.0985 e. The number of rotatable bonds is 5. The first-order valence-electron chi connectivity index (χ1n) is 5.87. The maximum atomic E-state index is 4.60. The molecule has 1 aromatic rings. The number of hydrogen-bond donors (Lipinski definition) is 1. The summed E-state index contributed by atoms with van der Waals surface area (Å²) < 4.78 is 0. The summed E-state index contributed by atoms with van der Waals surface area (Å²) in [4.78, 5) is 4.60. The van der Waals surface area contributed by atoms with Crippen molar-refractivity contribution < 1.29 is 0 Å². The summed E-state index contributed by atoms with van der Waals surface area (Å²) in [5.41, 5.74) is 1.24. The monoisotopic (exact) mass is 238 g/mol. The smallest absolute Gasteiger partial charge is 0.0985 e. The third-order valence-electron chi connectivity index (χ3n) is 2.14. The molecule has 1 heterocycles. The van der Waals surface area contributed by atoms with Crippen LogP contribution < -0.4 is 5.32 Å². The first-order valence-corrected chi connectivity index (χ1v) is 6.75. The van der Waals surface area contributed by atoms with Gasteiger partial charge in [-0.05, 0) is 19.0 Å². The highest BCUT2D eigenvalue weighted by atomic mass is 32.1. The van der Waals surface area contributed by atoms with Gasteiger partial charge in [0.25, 0.3) is 0 Å². The predicted molar refractivity (Wildman–Crippen MR) is 73.0 cm³/mol. The fourth-order valence-corrected chi connectivity index (χ4v) is 2.12. The summed E-state index contributed by atoms with van der Waals surface area (Å²) in [5, 5.41) is 6.66. The van der Waals surface area contributed by atoms with Crippen LogP contribution in [0.3, 0.4) is 0 Å². The second kappa shape index (κ2) is 6.16. The first kappa shape index (κ1) is 13.4. The number of nitrogens with one attached hydrogen (secondary N) is 1. The van der Waals surface area contributed by atoms with Crippen LogP contribution in [-0.4, -0.2) is 18.1 Å². The molecule has 1 rings (SSSR count). The van der Waals surface area contributed by atoms with Crippen molar-refractivity contribution in [3.8, 4) is 0 Å². The molecule has 0 aliphatic carbocycles. The largest absolute Gasteiger partial charge is 0.313 e. The van der Waals surface area contributed by atoms with Gasteiger partial charge in [0.2, 0.25) is 0 Å². The van der Waals surface area contributed by atoms with E-state index in [1.807, 2.05) is 0 Å². The molecule has 0 bridgehead atoms. The van der Waals surface area contributed by atoms with E-state index in [0.29, 0.717) is 0 Å². The molecule has 0 fully saturated rings. The van der Waals surface area contributed by atoms with Gasteiger partial charge >= 0.3 is 0 Å². The predicted octanol–water partition coefficient (Wildman–Crippen LogP) is 3.45. The van der Waals surface area contributed by atoms with Crippen LogP contribution in [0.15, 0.2) is 11.5 Å². The lowest BCUT2D eigenvalue weighted by molar-refractivity contribution is 0.585. The number of nitrogens with zero attached hydrogens (tertiary/aromatic N) is 1. The van der Waals surface area contributed by atoms with E-state index in [9.17, 15) is 0 Å². The molecule has 0 atom stereocenters. The molecule has 2 nitrogen and oxygen atoms in total. The van der Waals surface area contributed by atoms with Crippen molar-refractivity contribution >= 4 is 17.4 Å². The Morgan fingerprint density at radius 2 is 2.19 bits per heavy atom. The molecule has 16 heavy (non-hydrogen) atoms. The lowest BCUT2D eigenvalue weighted by Crippen LogP contribution is -2.13. The molecule has 0 aromatic carbocycles. The summed E-state index contributed by atoms with van der Waals surface area (Å²) in [6.45, 7) is 10.8. The van der Waals surface area contributed by atoms with Crippen molar-refractivity contribution in [2.75, 3.05) is 13.1 Å². The molecule has 1 N–H and O–H groups in total. The maximum absolute atomic E-state index is 4.60. The van der Waals surface area contributed by atoms with Crippen molar-refractivity contribution in [3.63, 3.8) is 0 Å². The summed E-state index contributed by atoms with van der Waals surface area (Å²) in [7, 11) is 0. The van der Waals surface area contributed by atoms with Crippen LogP contribution >= 0.6 is 11.3 Å². The number of aromatic nitrogens is 1. The summed E-state index contributed by atoms with van der Waals surface area (Å²) in [6, 6.07) is 0. The quantitative estimate of drug-likeness (QED) is 0.795. The van der Waals surface area contributed by atoms with Crippen LogP contribution in [0.1, 0.15) is 44.8 Å². The molecule has 0 unspecified atom stereocenters. The molecule has 0 saturated carbocycles. The van der Waals surface area contributed by atoms with Gasteiger partial charge in [-0.2, -0.15) is 0 Å². The second-order valence-electron chi connectivity index (χ2n) is 4.93. The average molecular weight is 238 g/mol. The molecule has 3 heteroatoms. The minimum absolute atomic E-state index is 0.164. The molecule has 0 aliphatic rings. The van der Waals surface area contributed by atoms with Gasteiger partial charge in [-0.25, -0.2) is 4.98 Å². The Morgan fingerprint density at radius 1 is 1.44 bits per heavy atom. The highest BCUT2D eigenvalue weighted by molar-refractivity contribution is 7.09. The SMILES string of the molecule is CCCNC/C=C/c1csc(C(C)(C)C)n1. The number of thiazole rings is 1. The summed E-state index contributed by atoms with van der Waals surface area (Å²) in [6.07, 6.45) is 5.41. The van der Waals surface area contributed by atoms with Gasteiger partial charge in [0.05, 0.1) is 10.7 Å². The Hall–Kier alpha value is -0.670. The topological polar surface area (TPSA) is 24.9 Å². The molecule has 0 amide bonds.